The molecular weight excluding hydrogens is 630 g/mol. The van der Waals surface area contributed by atoms with Crippen molar-refractivity contribution >= 4 is 5.91 Å². The van der Waals surface area contributed by atoms with Crippen LogP contribution in [0.2, 0.25) is 0 Å². The summed E-state index contributed by atoms with van der Waals surface area (Å²) in [4.78, 5) is 12.2. The van der Waals surface area contributed by atoms with Crippen molar-refractivity contribution in [2.75, 3.05) is 13.2 Å². The summed E-state index contributed by atoms with van der Waals surface area (Å²) in [7, 11) is 0. The molecular formula is C26H45NO19. The summed E-state index contributed by atoms with van der Waals surface area (Å²) < 4.78 is 39.8. The summed E-state index contributed by atoms with van der Waals surface area (Å²) in [6.07, 6.45) is -31.2. The van der Waals surface area contributed by atoms with Crippen LogP contribution in [0.3, 0.4) is 0 Å². The molecule has 1 amide bonds. The quantitative estimate of drug-likeness (QED) is 0.108. The van der Waals surface area contributed by atoms with Crippen molar-refractivity contribution in [2.24, 2.45) is 0 Å². The van der Waals surface area contributed by atoms with E-state index in [1.807, 2.05) is 0 Å². The van der Waals surface area contributed by atoms with Crippen molar-refractivity contribution in [2.45, 2.75) is 144 Å². The highest BCUT2D eigenvalue weighted by Gasteiger charge is 2.56. The zero-order valence-corrected chi connectivity index (χ0v) is 25.1. The van der Waals surface area contributed by atoms with Crippen molar-refractivity contribution in [3.8, 4) is 0 Å². The van der Waals surface area contributed by atoms with Gasteiger partial charge in [-0.3, -0.25) is 4.79 Å². The lowest BCUT2D eigenvalue weighted by molar-refractivity contribution is -0.390. The van der Waals surface area contributed by atoms with Gasteiger partial charge in [0, 0.05) is 6.92 Å². The Morgan fingerprint density at radius 1 is 0.565 bits per heavy atom. The topological polar surface area (TPSA) is 316 Å². The first kappa shape index (κ1) is 37.6. The van der Waals surface area contributed by atoms with E-state index < -0.39 is 142 Å². The molecule has 4 fully saturated rings. The molecule has 0 unspecified atom stereocenters. The first-order valence-corrected chi connectivity index (χ1v) is 14.8. The number of carbonyl (C=O) groups is 1. The van der Waals surface area contributed by atoms with E-state index in [0.29, 0.717) is 0 Å². The normalized spacial score (nSPS) is 51.9. The molecule has 4 rings (SSSR count). The summed E-state index contributed by atoms with van der Waals surface area (Å²) in [6.45, 7) is 2.15. The van der Waals surface area contributed by atoms with Crippen molar-refractivity contribution in [1.29, 1.82) is 0 Å². The Labute approximate surface area is 262 Å². The van der Waals surface area contributed by atoms with Gasteiger partial charge in [-0.05, 0) is 13.8 Å². The van der Waals surface area contributed by atoms with E-state index in [0.717, 1.165) is 6.92 Å². The predicted octanol–water partition coefficient (Wildman–Crippen LogP) is -7.55. The third-order valence-corrected chi connectivity index (χ3v) is 8.53. The zero-order valence-electron chi connectivity index (χ0n) is 25.1. The third-order valence-electron chi connectivity index (χ3n) is 8.53. The third kappa shape index (κ3) is 7.64. The second-order valence-corrected chi connectivity index (χ2v) is 11.8. The Balaban J connectivity index is 1.69. The molecule has 0 aromatic carbocycles. The fraction of sp³-hybridized carbons (Fsp3) is 0.962. The zero-order chi connectivity index (χ0) is 34.2. The predicted molar refractivity (Wildman–Crippen MR) is 143 cm³/mol. The van der Waals surface area contributed by atoms with Gasteiger partial charge in [0.1, 0.15) is 85.4 Å². The maximum absolute atomic E-state index is 12.2. The molecule has 12 N–H and O–H groups in total. The van der Waals surface area contributed by atoms with E-state index in [1.54, 1.807) is 0 Å². The van der Waals surface area contributed by atoms with Crippen LogP contribution in [0.25, 0.3) is 0 Å². The molecule has 4 aliphatic heterocycles. The van der Waals surface area contributed by atoms with Gasteiger partial charge in [0.05, 0.1) is 25.4 Å². The first-order valence-electron chi connectivity index (χ1n) is 14.8. The van der Waals surface area contributed by atoms with Crippen molar-refractivity contribution in [1.82, 2.24) is 5.32 Å². The van der Waals surface area contributed by atoms with Gasteiger partial charge in [0.15, 0.2) is 25.2 Å². The van der Waals surface area contributed by atoms with Gasteiger partial charge in [0.25, 0.3) is 0 Å². The van der Waals surface area contributed by atoms with Crippen LogP contribution in [0.15, 0.2) is 0 Å². The SMILES string of the molecule is CC(=O)N[C@@H]1[C@@H](O[C@@H]2O[C@H](CO)[C@H](O)[C@H](O)[C@H]2O[C@H]2O[C@H](C)[C@H](O)[C@H](O)[C@H]2O)[C@H](O[C@@H]2O[C@@H](C)[C@@H](O)[C@@H](O)[C@@H]2O)[C@@H](CO)O[C@H]1O. The van der Waals surface area contributed by atoms with E-state index in [2.05, 4.69) is 5.32 Å². The van der Waals surface area contributed by atoms with Gasteiger partial charge in [-0.15, -0.1) is 0 Å². The van der Waals surface area contributed by atoms with Gasteiger partial charge in [-0.2, -0.15) is 0 Å². The Bertz CT molecular complexity index is 997. The minimum Gasteiger partial charge on any atom is -0.394 e. The average molecular weight is 676 g/mol. The number of rotatable bonds is 9. The Kier molecular flexibility index (Phi) is 12.7. The average Bonchev–Trinajstić information content (AvgIpc) is 3.01. The molecule has 0 bridgehead atoms. The fourth-order valence-corrected chi connectivity index (χ4v) is 5.81. The molecule has 0 saturated carbocycles. The molecule has 4 aliphatic rings. The summed E-state index contributed by atoms with van der Waals surface area (Å²) in [5.74, 6) is -0.704. The van der Waals surface area contributed by atoms with Crippen LogP contribution >= 0.6 is 0 Å². The van der Waals surface area contributed by atoms with Crippen molar-refractivity contribution < 1.29 is 94.1 Å². The summed E-state index contributed by atoms with van der Waals surface area (Å²) in [6, 6.07) is -1.53. The van der Waals surface area contributed by atoms with Crippen molar-refractivity contribution in [3.63, 3.8) is 0 Å². The number of hydrogen-bond acceptors (Lipinski definition) is 19. The van der Waals surface area contributed by atoms with Crippen LogP contribution in [0.4, 0.5) is 0 Å². The monoisotopic (exact) mass is 675 g/mol. The second kappa shape index (κ2) is 15.5. The molecule has 4 heterocycles. The minimum absolute atomic E-state index is 0.704. The lowest BCUT2D eigenvalue weighted by Crippen LogP contribution is -2.70. The van der Waals surface area contributed by atoms with Crippen LogP contribution < -0.4 is 5.32 Å². The molecule has 0 spiro atoms. The van der Waals surface area contributed by atoms with Gasteiger partial charge in [0.2, 0.25) is 5.91 Å². The van der Waals surface area contributed by atoms with E-state index in [9.17, 15) is 61.0 Å². The number of aliphatic hydroxyl groups excluding tert-OH is 11. The smallest absolute Gasteiger partial charge is 0.217 e. The molecule has 20 nitrogen and oxygen atoms in total. The highest BCUT2D eigenvalue weighted by atomic mass is 16.8. The van der Waals surface area contributed by atoms with E-state index in [-0.39, 0.29) is 0 Å². The number of amides is 1. The lowest BCUT2D eigenvalue weighted by Gasteiger charge is -2.50. The molecule has 0 aromatic heterocycles. The highest BCUT2D eigenvalue weighted by molar-refractivity contribution is 5.73. The van der Waals surface area contributed by atoms with Gasteiger partial charge in [-0.1, -0.05) is 0 Å². The van der Waals surface area contributed by atoms with Crippen LogP contribution in [-0.4, -0.2) is 198 Å². The number of carbonyl (C=O) groups excluding carboxylic acids is 1. The Morgan fingerprint density at radius 3 is 1.52 bits per heavy atom. The van der Waals surface area contributed by atoms with Crippen LogP contribution in [0, 0.1) is 0 Å². The van der Waals surface area contributed by atoms with Crippen LogP contribution in [-0.2, 0) is 38.0 Å². The van der Waals surface area contributed by atoms with Gasteiger partial charge in [-0.25, -0.2) is 0 Å². The summed E-state index contributed by atoms with van der Waals surface area (Å²) in [5.41, 5.74) is 0. The maximum Gasteiger partial charge on any atom is 0.217 e. The fourth-order valence-electron chi connectivity index (χ4n) is 5.81. The molecule has 20 atom stereocenters. The second-order valence-electron chi connectivity index (χ2n) is 11.8. The van der Waals surface area contributed by atoms with E-state index >= 15 is 0 Å². The molecule has 268 valence electrons. The number of nitrogens with one attached hydrogen (secondary N) is 1. The molecule has 0 aromatic rings. The number of aliphatic hydroxyl groups is 11. The van der Waals surface area contributed by atoms with E-state index in [1.165, 1.54) is 13.8 Å². The molecule has 0 radical (unpaired) electrons. The number of ether oxygens (including phenoxy) is 7. The van der Waals surface area contributed by atoms with Crippen LogP contribution in [0.1, 0.15) is 20.8 Å². The van der Waals surface area contributed by atoms with Gasteiger partial charge < -0.3 is 94.6 Å². The van der Waals surface area contributed by atoms with Gasteiger partial charge >= 0.3 is 0 Å². The summed E-state index contributed by atoms with van der Waals surface area (Å²) in [5, 5.41) is 117. The molecule has 20 heteroatoms. The lowest BCUT2D eigenvalue weighted by atomic mass is 9.94. The highest BCUT2D eigenvalue weighted by Crippen LogP contribution is 2.35. The minimum atomic E-state index is -1.93. The molecule has 4 saturated heterocycles. The standard InChI is InChI=1S/C26H45NO19/c1-6-12(31)15(34)18(37)24(40-6)44-20-10(5-29)42-23(39)11(27-8(3)30)21(20)45-26-22(17(36)14(33)9(4-28)43-26)46-25-19(38)16(35)13(32)7(2)41-25/h6-7,9-26,28-29,31-39H,4-5H2,1-3H3,(H,27,30)/t6-,7+,9+,10+,11+,12+,13-,14-,15+,16-,17-,18-,19+,20+,21+,22+,23+,24-,25+,26-/m0/s1. The van der Waals surface area contributed by atoms with E-state index in [4.69, 9.17) is 33.2 Å². The first-order chi connectivity index (χ1) is 21.6. The molecule has 0 aliphatic carbocycles. The van der Waals surface area contributed by atoms with Crippen LogP contribution in [0.5, 0.6) is 0 Å². The largest absolute Gasteiger partial charge is 0.394 e. The Morgan fingerprint density at radius 2 is 1.04 bits per heavy atom. The summed E-state index contributed by atoms with van der Waals surface area (Å²) >= 11 is 0. The maximum atomic E-state index is 12.2. The Hall–Kier alpha value is -1.25. The van der Waals surface area contributed by atoms with Crippen molar-refractivity contribution in [3.05, 3.63) is 0 Å². The molecule has 46 heavy (non-hydrogen) atoms. The number of hydrogen-bond donors (Lipinski definition) is 12.